The van der Waals surface area contributed by atoms with Crippen molar-refractivity contribution in [2.24, 2.45) is 0 Å². The molecule has 0 amide bonds. The molecule has 1 saturated heterocycles. The van der Waals surface area contributed by atoms with Crippen molar-refractivity contribution in [3.8, 4) is 11.3 Å². The van der Waals surface area contributed by atoms with Crippen LogP contribution >= 0.6 is 23.2 Å². The van der Waals surface area contributed by atoms with Gasteiger partial charge in [-0.25, -0.2) is 4.98 Å². The number of nitrogens with zero attached hydrogens (tertiary/aromatic N) is 1. The number of rotatable bonds is 6. The predicted molar refractivity (Wildman–Crippen MR) is 94.8 cm³/mol. The minimum Gasteiger partial charge on any atom is -0.463 e. The van der Waals surface area contributed by atoms with E-state index in [9.17, 15) is 4.79 Å². The van der Waals surface area contributed by atoms with E-state index >= 15 is 0 Å². The lowest BCUT2D eigenvalue weighted by Crippen LogP contribution is -2.26. The van der Waals surface area contributed by atoms with Gasteiger partial charge in [-0.2, -0.15) is 0 Å². The number of ether oxygens (including phenoxy) is 2. The van der Waals surface area contributed by atoms with Gasteiger partial charge in [-0.1, -0.05) is 23.2 Å². The highest BCUT2D eigenvalue weighted by molar-refractivity contribution is 6.36. The Bertz CT molecular complexity index is 726. The molecular formula is C18H19Cl2NO4. The van der Waals surface area contributed by atoms with Gasteiger partial charge in [0.25, 0.3) is 0 Å². The number of benzene rings is 1. The number of oxazole rings is 1. The van der Waals surface area contributed by atoms with E-state index in [1.807, 2.05) is 0 Å². The van der Waals surface area contributed by atoms with Gasteiger partial charge in [0.2, 0.25) is 0 Å². The van der Waals surface area contributed by atoms with Crippen LogP contribution in [0, 0.1) is 0 Å². The van der Waals surface area contributed by atoms with E-state index in [-0.39, 0.29) is 18.5 Å². The zero-order valence-electron chi connectivity index (χ0n) is 13.7. The minimum absolute atomic E-state index is 0.0260. The molecule has 1 aromatic carbocycles. The standard InChI is InChI=1S/C18H19Cl2NO4/c19-12-4-5-14(15(20)9-12)16-10-21-17(25-16)6-7-18(22)24-11-13-3-1-2-8-23-13/h4-5,9-10,13H,1-3,6-8,11H2. The van der Waals surface area contributed by atoms with Gasteiger partial charge in [-0.05, 0) is 37.5 Å². The van der Waals surface area contributed by atoms with Crippen molar-refractivity contribution in [3.63, 3.8) is 0 Å². The largest absolute Gasteiger partial charge is 0.463 e. The first-order valence-corrected chi connectivity index (χ1v) is 9.05. The molecule has 3 rings (SSSR count). The molecular weight excluding hydrogens is 365 g/mol. The molecule has 0 radical (unpaired) electrons. The number of carbonyl (C=O) groups excluding carboxylic acids is 1. The molecule has 25 heavy (non-hydrogen) atoms. The Morgan fingerprint density at radius 1 is 1.32 bits per heavy atom. The second-order valence-electron chi connectivity index (χ2n) is 5.91. The molecule has 0 N–H and O–H groups in total. The second kappa shape index (κ2) is 8.70. The summed E-state index contributed by atoms with van der Waals surface area (Å²) in [4.78, 5) is 16.0. The van der Waals surface area contributed by atoms with Crippen LogP contribution in [-0.2, 0) is 20.7 Å². The molecule has 1 atom stereocenters. The van der Waals surface area contributed by atoms with Crippen LogP contribution in [0.1, 0.15) is 31.6 Å². The van der Waals surface area contributed by atoms with Crippen molar-refractivity contribution in [2.45, 2.75) is 38.2 Å². The molecule has 2 aromatic rings. The van der Waals surface area contributed by atoms with E-state index in [0.717, 1.165) is 25.9 Å². The summed E-state index contributed by atoms with van der Waals surface area (Å²) in [6.07, 6.45) is 5.34. The van der Waals surface area contributed by atoms with Crippen molar-refractivity contribution in [3.05, 3.63) is 40.3 Å². The number of hydrogen-bond donors (Lipinski definition) is 0. The quantitative estimate of drug-likeness (QED) is 0.676. The lowest BCUT2D eigenvalue weighted by molar-refractivity contribution is -0.149. The zero-order valence-corrected chi connectivity index (χ0v) is 15.2. The lowest BCUT2D eigenvalue weighted by atomic mass is 10.1. The SMILES string of the molecule is O=C(CCc1ncc(-c2ccc(Cl)cc2Cl)o1)OCC1CCCCO1. The molecule has 0 saturated carbocycles. The number of esters is 1. The third kappa shape index (κ3) is 5.21. The topological polar surface area (TPSA) is 61.6 Å². The second-order valence-corrected chi connectivity index (χ2v) is 6.76. The Labute approximate surface area is 156 Å². The molecule has 2 heterocycles. The van der Waals surface area contributed by atoms with Crippen molar-refractivity contribution in [2.75, 3.05) is 13.2 Å². The van der Waals surface area contributed by atoms with E-state index in [1.54, 1.807) is 24.4 Å². The van der Waals surface area contributed by atoms with Gasteiger partial charge in [-0.15, -0.1) is 0 Å². The van der Waals surface area contributed by atoms with E-state index in [1.165, 1.54) is 0 Å². The molecule has 1 aromatic heterocycles. The molecule has 0 bridgehead atoms. The summed E-state index contributed by atoms with van der Waals surface area (Å²) in [7, 11) is 0. The van der Waals surface area contributed by atoms with Gasteiger partial charge in [0.05, 0.1) is 23.7 Å². The van der Waals surface area contributed by atoms with Crippen LogP contribution in [0.2, 0.25) is 10.0 Å². The van der Waals surface area contributed by atoms with E-state index in [0.29, 0.717) is 40.3 Å². The molecule has 1 aliphatic heterocycles. The van der Waals surface area contributed by atoms with E-state index in [4.69, 9.17) is 37.1 Å². The number of aryl methyl sites for hydroxylation is 1. The van der Waals surface area contributed by atoms with Gasteiger partial charge in [-0.3, -0.25) is 4.79 Å². The van der Waals surface area contributed by atoms with Crippen LogP contribution in [0.4, 0.5) is 0 Å². The van der Waals surface area contributed by atoms with Crippen LogP contribution in [-0.4, -0.2) is 30.3 Å². The molecule has 134 valence electrons. The van der Waals surface area contributed by atoms with Crippen LogP contribution in [0.25, 0.3) is 11.3 Å². The Kier molecular flexibility index (Phi) is 6.34. The third-order valence-electron chi connectivity index (χ3n) is 4.00. The molecule has 0 spiro atoms. The smallest absolute Gasteiger partial charge is 0.306 e. The van der Waals surface area contributed by atoms with Crippen molar-refractivity contribution in [1.82, 2.24) is 4.98 Å². The molecule has 0 aliphatic carbocycles. The maximum atomic E-state index is 11.8. The molecule has 1 aliphatic rings. The molecule has 5 nitrogen and oxygen atoms in total. The fourth-order valence-electron chi connectivity index (χ4n) is 2.65. The summed E-state index contributed by atoms with van der Waals surface area (Å²) in [6, 6.07) is 5.15. The Morgan fingerprint density at radius 2 is 2.20 bits per heavy atom. The van der Waals surface area contributed by atoms with Gasteiger partial charge in [0.1, 0.15) is 6.61 Å². The minimum atomic E-state index is -0.279. The highest BCUT2D eigenvalue weighted by Crippen LogP contribution is 2.30. The zero-order chi connectivity index (χ0) is 17.6. The highest BCUT2D eigenvalue weighted by Gasteiger charge is 2.17. The first kappa shape index (κ1) is 18.2. The normalized spacial score (nSPS) is 17.4. The van der Waals surface area contributed by atoms with Crippen LogP contribution in [0.3, 0.4) is 0 Å². The Balaban J connectivity index is 1.48. The van der Waals surface area contributed by atoms with Crippen LogP contribution in [0.15, 0.2) is 28.8 Å². The lowest BCUT2D eigenvalue weighted by Gasteiger charge is -2.21. The van der Waals surface area contributed by atoms with Gasteiger partial charge in [0.15, 0.2) is 11.7 Å². The monoisotopic (exact) mass is 383 g/mol. The predicted octanol–water partition coefficient (Wildman–Crippen LogP) is 4.69. The maximum Gasteiger partial charge on any atom is 0.306 e. The first-order chi connectivity index (χ1) is 12.1. The Morgan fingerprint density at radius 3 is 2.96 bits per heavy atom. The fraction of sp³-hybridized carbons (Fsp3) is 0.444. The summed E-state index contributed by atoms with van der Waals surface area (Å²) >= 11 is 12.0. The number of hydrogen-bond acceptors (Lipinski definition) is 5. The summed E-state index contributed by atoms with van der Waals surface area (Å²) < 4.78 is 16.5. The van der Waals surface area contributed by atoms with Crippen LogP contribution in [0.5, 0.6) is 0 Å². The summed E-state index contributed by atoms with van der Waals surface area (Å²) in [6.45, 7) is 1.06. The van der Waals surface area contributed by atoms with Gasteiger partial charge >= 0.3 is 5.97 Å². The molecule has 7 heteroatoms. The summed E-state index contributed by atoms with van der Waals surface area (Å²) in [5.74, 6) is 0.728. The number of aromatic nitrogens is 1. The van der Waals surface area contributed by atoms with Crippen LogP contribution < -0.4 is 0 Å². The highest BCUT2D eigenvalue weighted by atomic mass is 35.5. The van der Waals surface area contributed by atoms with Gasteiger partial charge in [0, 0.05) is 23.6 Å². The molecule has 1 unspecified atom stereocenters. The molecule has 1 fully saturated rings. The number of halogens is 2. The van der Waals surface area contributed by atoms with Gasteiger partial charge < -0.3 is 13.9 Å². The fourth-order valence-corrected chi connectivity index (χ4v) is 3.15. The number of carbonyl (C=O) groups is 1. The van der Waals surface area contributed by atoms with Crippen molar-refractivity contribution < 1.29 is 18.7 Å². The summed E-state index contributed by atoms with van der Waals surface area (Å²) in [5.41, 5.74) is 0.710. The summed E-state index contributed by atoms with van der Waals surface area (Å²) in [5, 5.41) is 1.04. The van der Waals surface area contributed by atoms with E-state index in [2.05, 4.69) is 4.98 Å². The maximum absolute atomic E-state index is 11.8. The van der Waals surface area contributed by atoms with E-state index < -0.39 is 0 Å². The van der Waals surface area contributed by atoms with Crippen molar-refractivity contribution in [1.29, 1.82) is 0 Å². The first-order valence-electron chi connectivity index (χ1n) is 8.29. The average molecular weight is 384 g/mol. The third-order valence-corrected chi connectivity index (χ3v) is 4.55. The van der Waals surface area contributed by atoms with Crippen molar-refractivity contribution >= 4 is 29.2 Å². The average Bonchev–Trinajstić information content (AvgIpc) is 3.08. The Hall–Kier alpha value is -1.56.